The molecule has 0 bridgehead atoms. The van der Waals surface area contributed by atoms with Crippen LogP contribution in [-0.4, -0.2) is 0 Å². The summed E-state index contributed by atoms with van der Waals surface area (Å²) in [5.74, 6) is -7.21. The quantitative estimate of drug-likeness (QED) is 0.284. The number of rotatable bonds is 4. The smallest absolute Gasteiger partial charge is 0.195 e. The molecule has 0 amide bonds. The van der Waals surface area contributed by atoms with Gasteiger partial charge in [-0.1, -0.05) is 19.8 Å². The molecule has 0 aliphatic heterocycles. The lowest BCUT2D eigenvalue weighted by atomic mass is 9.77. The van der Waals surface area contributed by atoms with Crippen molar-refractivity contribution in [2.75, 3.05) is 0 Å². The number of halogens is 6. The van der Waals surface area contributed by atoms with Crippen LogP contribution < -0.4 is 0 Å². The Hall–Kier alpha value is -2.50. The van der Waals surface area contributed by atoms with Crippen LogP contribution in [-0.2, 0) is 0 Å². The predicted octanol–water partition coefficient (Wildman–Crippen LogP) is 8.42. The van der Waals surface area contributed by atoms with Gasteiger partial charge in [-0.25, -0.2) is 26.3 Å². The molecule has 3 aromatic carbocycles. The Morgan fingerprint density at radius 1 is 0.710 bits per heavy atom. The largest absolute Gasteiger partial charge is 0.206 e. The van der Waals surface area contributed by atoms with Gasteiger partial charge in [0, 0.05) is 0 Å². The molecule has 0 saturated heterocycles. The van der Waals surface area contributed by atoms with E-state index in [0.717, 1.165) is 50.7 Å². The monoisotopic (exact) mass is 436 g/mol. The summed E-state index contributed by atoms with van der Waals surface area (Å²) in [6, 6.07) is 4.93. The summed E-state index contributed by atoms with van der Waals surface area (Å²) in [4.78, 5) is 0. The van der Waals surface area contributed by atoms with Gasteiger partial charge in [-0.15, -0.1) is 0 Å². The second-order valence-electron chi connectivity index (χ2n) is 8.41. The van der Waals surface area contributed by atoms with Gasteiger partial charge in [0.2, 0.25) is 0 Å². The predicted molar refractivity (Wildman–Crippen MR) is 109 cm³/mol. The molecule has 31 heavy (non-hydrogen) atoms. The Balaban J connectivity index is 1.71. The minimum absolute atomic E-state index is 0.0608. The van der Waals surface area contributed by atoms with E-state index in [-0.39, 0.29) is 16.9 Å². The average Bonchev–Trinajstić information content (AvgIpc) is 2.72. The zero-order valence-electron chi connectivity index (χ0n) is 17.1. The summed E-state index contributed by atoms with van der Waals surface area (Å²) < 4.78 is 85.3. The molecule has 164 valence electrons. The van der Waals surface area contributed by atoms with Crippen molar-refractivity contribution in [2.24, 2.45) is 5.92 Å². The minimum atomic E-state index is -1.80. The molecule has 0 atom stereocenters. The second kappa shape index (κ2) is 8.56. The van der Waals surface area contributed by atoms with E-state index in [9.17, 15) is 26.3 Å². The van der Waals surface area contributed by atoms with Crippen LogP contribution in [0.2, 0.25) is 0 Å². The maximum atomic E-state index is 14.9. The molecule has 6 heteroatoms. The van der Waals surface area contributed by atoms with E-state index in [4.69, 9.17) is 0 Å². The van der Waals surface area contributed by atoms with Gasteiger partial charge in [0.05, 0.1) is 10.9 Å². The van der Waals surface area contributed by atoms with Gasteiger partial charge in [-0.2, -0.15) is 0 Å². The van der Waals surface area contributed by atoms with E-state index in [1.807, 2.05) is 0 Å². The maximum absolute atomic E-state index is 14.9. The fraction of sp³-hybridized carbons (Fsp3) is 0.360. The molecule has 4 rings (SSSR count). The van der Waals surface area contributed by atoms with Crippen molar-refractivity contribution < 1.29 is 26.3 Å². The molecular weight excluding hydrogens is 414 g/mol. The van der Waals surface area contributed by atoms with Crippen molar-refractivity contribution in [1.82, 2.24) is 0 Å². The van der Waals surface area contributed by atoms with Gasteiger partial charge < -0.3 is 0 Å². The second-order valence-corrected chi connectivity index (χ2v) is 8.41. The molecule has 0 radical (unpaired) electrons. The molecule has 0 spiro atoms. The average molecular weight is 436 g/mol. The zero-order valence-corrected chi connectivity index (χ0v) is 17.1. The van der Waals surface area contributed by atoms with Crippen LogP contribution in [0.5, 0.6) is 0 Å². The highest BCUT2D eigenvalue weighted by atomic mass is 19.2. The molecule has 0 unspecified atom stereocenters. The Labute approximate surface area is 176 Å². The van der Waals surface area contributed by atoms with Crippen LogP contribution in [0.3, 0.4) is 0 Å². The SMILES string of the molecule is CCCC1CCC(c2cc(F)c(-c3cc(F)c4c(F)c(F)c(F)cc4c3)c(F)c2)CC1. The number of benzene rings is 3. The Morgan fingerprint density at radius 2 is 1.35 bits per heavy atom. The highest BCUT2D eigenvalue weighted by Crippen LogP contribution is 2.40. The zero-order chi connectivity index (χ0) is 22.3. The normalized spacial score (nSPS) is 19.2. The lowest BCUT2D eigenvalue weighted by Crippen LogP contribution is -2.13. The summed E-state index contributed by atoms with van der Waals surface area (Å²) in [7, 11) is 0. The first kappa shape index (κ1) is 21.7. The topological polar surface area (TPSA) is 0 Å². The molecular formula is C25H22F6. The van der Waals surface area contributed by atoms with Gasteiger partial charge in [-0.3, -0.25) is 0 Å². The Morgan fingerprint density at radius 3 is 1.97 bits per heavy atom. The van der Waals surface area contributed by atoms with Gasteiger partial charge >= 0.3 is 0 Å². The van der Waals surface area contributed by atoms with Gasteiger partial charge in [0.1, 0.15) is 17.5 Å². The van der Waals surface area contributed by atoms with Crippen molar-refractivity contribution in [3.05, 3.63) is 70.8 Å². The Bertz CT molecular complexity index is 1110. The third-order valence-corrected chi connectivity index (χ3v) is 6.39. The Kier molecular flexibility index (Phi) is 6.00. The summed E-state index contributed by atoms with van der Waals surface area (Å²) in [5, 5.41) is -1.08. The molecule has 0 N–H and O–H groups in total. The van der Waals surface area contributed by atoms with Gasteiger partial charge in [0.15, 0.2) is 17.5 Å². The van der Waals surface area contributed by atoms with Crippen LogP contribution >= 0.6 is 0 Å². The molecule has 1 aliphatic rings. The first-order valence-electron chi connectivity index (χ1n) is 10.6. The maximum Gasteiger partial charge on any atom is 0.195 e. The first-order chi connectivity index (χ1) is 14.8. The number of hydrogen-bond donors (Lipinski definition) is 0. The van der Waals surface area contributed by atoms with Crippen LogP contribution in [0.15, 0.2) is 30.3 Å². The molecule has 3 aromatic rings. The van der Waals surface area contributed by atoms with Crippen molar-refractivity contribution in [1.29, 1.82) is 0 Å². The van der Waals surface area contributed by atoms with E-state index in [1.165, 1.54) is 12.1 Å². The molecule has 1 fully saturated rings. The third kappa shape index (κ3) is 4.04. The van der Waals surface area contributed by atoms with E-state index in [0.29, 0.717) is 17.5 Å². The van der Waals surface area contributed by atoms with Gasteiger partial charge in [0.25, 0.3) is 0 Å². The van der Waals surface area contributed by atoms with Crippen LogP contribution in [0.25, 0.3) is 21.9 Å². The van der Waals surface area contributed by atoms with E-state index < -0.39 is 45.9 Å². The fourth-order valence-corrected chi connectivity index (χ4v) is 4.83. The van der Waals surface area contributed by atoms with Gasteiger partial charge in [-0.05, 0) is 84.4 Å². The summed E-state index contributed by atoms with van der Waals surface area (Å²) in [6.07, 6.45) is 6.04. The van der Waals surface area contributed by atoms with Crippen LogP contribution in [0.4, 0.5) is 26.3 Å². The minimum Gasteiger partial charge on any atom is -0.206 e. The molecule has 0 aromatic heterocycles. The van der Waals surface area contributed by atoms with Crippen molar-refractivity contribution >= 4 is 10.8 Å². The van der Waals surface area contributed by atoms with Crippen molar-refractivity contribution in [3.8, 4) is 11.1 Å². The van der Waals surface area contributed by atoms with E-state index >= 15 is 0 Å². The first-order valence-corrected chi connectivity index (χ1v) is 10.6. The van der Waals surface area contributed by atoms with Crippen molar-refractivity contribution in [2.45, 2.75) is 51.4 Å². The molecule has 0 heterocycles. The van der Waals surface area contributed by atoms with E-state index in [2.05, 4.69) is 6.92 Å². The molecule has 1 aliphatic carbocycles. The summed E-state index contributed by atoms with van der Waals surface area (Å²) in [6.45, 7) is 2.14. The highest BCUT2D eigenvalue weighted by Gasteiger charge is 2.25. The van der Waals surface area contributed by atoms with Crippen LogP contribution in [0, 0.1) is 40.8 Å². The third-order valence-electron chi connectivity index (χ3n) is 6.39. The lowest BCUT2D eigenvalue weighted by molar-refractivity contribution is 0.307. The number of hydrogen-bond acceptors (Lipinski definition) is 0. The summed E-state index contributed by atoms with van der Waals surface area (Å²) >= 11 is 0. The lowest BCUT2D eigenvalue weighted by Gasteiger charge is -2.29. The summed E-state index contributed by atoms with van der Waals surface area (Å²) in [5.41, 5.74) is -0.118. The van der Waals surface area contributed by atoms with Crippen LogP contribution in [0.1, 0.15) is 56.9 Å². The highest BCUT2D eigenvalue weighted by molar-refractivity contribution is 5.88. The van der Waals surface area contributed by atoms with E-state index in [1.54, 1.807) is 0 Å². The van der Waals surface area contributed by atoms with Crippen molar-refractivity contribution in [3.63, 3.8) is 0 Å². The fourth-order valence-electron chi connectivity index (χ4n) is 4.83. The molecule has 0 nitrogen and oxygen atoms in total. The standard InChI is InChI=1S/C25H22F6/c1-2-3-13-4-6-14(7-5-13)15-9-18(26)22(19(27)10-15)16-8-17-12-21(29)24(30)25(31)23(17)20(28)11-16/h8-14H,2-7H2,1H3. The number of fused-ring (bicyclic) bond motifs is 1. The molecule has 1 saturated carbocycles.